The molecule has 2 rings (SSSR count). The number of amides is 1. The molecule has 0 aliphatic carbocycles. The maximum Gasteiger partial charge on any atom is 0.407 e. The Hall–Kier alpha value is -2.44. The lowest BCUT2D eigenvalue weighted by Gasteiger charge is -2.24. The SMILES string of the molecule is CCOC(=O)NC(CNC(=NC)NC1CCN(c2ccccc2)C1)CC(C)C. The molecule has 2 atom stereocenters. The summed E-state index contributed by atoms with van der Waals surface area (Å²) < 4.78 is 5.02. The smallest absolute Gasteiger partial charge is 0.407 e. The quantitative estimate of drug-likeness (QED) is 0.471. The van der Waals surface area contributed by atoms with Gasteiger partial charge in [-0.1, -0.05) is 32.0 Å². The topological polar surface area (TPSA) is 78.0 Å². The van der Waals surface area contributed by atoms with E-state index in [1.165, 1.54) is 5.69 Å². The fourth-order valence-electron chi connectivity index (χ4n) is 3.46. The maximum absolute atomic E-state index is 11.8. The zero-order valence-electron chi connectivity index (χ0n) is 17.6. The Kier molecular flexibility index (Phi) is 8.91. The van der Waals surface area contributed by atoms with E-state index in [4.69, 9.17) is 4.74 Å². The van der Waals surface area contributed by atoms with Gasteiger partial charge < -0.3 is 25.6 Å². The Morgan fingerprint density at radius 2 is 2.07 bits per heavy atom. The molecule has 0 aromatic heterocycles. The van der Waals surface area contributed by atoms with Crippen LogP contribution in [0.15, 0.2) is 35.3 Å². The van der Waals surface area contributed by atoms with E-state index in [2.05, 4.69) is 64.0 Å². The average Bonchev–Trinajstić information content (AvgIpc) is 3.14. The molecule has 1 saturated heterocycles. The zero-order chi connectivity index (χ0) is 20.4. The molecule has 0 spiro atoms. The first-order valence-corrected chi connectivity index (χ1v) is 10.2. The predicted molar refractivity (Wildman–Crippen MR) is 115 cm³/mol. The number of aliphatic imine (C=N–C) groups is 1. The zero-order valence-corrected chi connectivity index (χ0v) is 17.6. The number of nitrogens with one attached hydrogen (secondary N) is 3. The number of hydrogen-bond donors (Lipinski definition) is 3. The van der Waals surface area contributed by atoms with Gasteiger partial charge >= 0.3 is 6.09 Å². The maximum atomic E-state index is 11.8. The molecule has 1 aromatic carbocycles. The van der Waals surface area contributed by atoms with Crippen LogP contribution in [0.5, 0.6) is 0 Å². The van der Waals surface area contributed by atoms with Gasteiger partial charge in [0.2, 0.25) is 0 Å². The summed E-state index contributed by atoms with van der Waals surface area (Å²) in [4.78, 5) is 18.5. The van der Waals surface area contributed by atoms with Crippen molar-refractivity contribution in [3.05, 3.63) is 30.3 Å². The Labute approximate surface area is 168 Å². The van der Waals surface area contributed by atoms with Crippen molar-refractivity contribution in [1.82, 2.24) is 16.0 Å². The number of para-hydroxylation sites is 1. The van der Waals surface area contributed by atoms with Crippen LogP contribution in [0.2, 0.25) is 0 Å². The van der Waals surface area contributed by atoms with Crippen molar-refractivity contribution in [2.24, 2.45) is 10.9 Å². The molecule has 2 unspecified atom stereocenters. The molecule has 1 heterocycles. The minimum absolute atomic E-state index is 0.0120. The fourth-order valence-corrected chi connectivity index (χ4v) is 3.46. The molecule has 0 bridgehead atoms. The van der Waals surface area contributed by atoms with Crippen molar-refractivity contribution >= 4 is 17.7 Å². The van der Waals surface area contributed by atoms with Crippen LogP contribution in [-0.2, 0) is 4.74 Å². The fraction of sp³-hybridized carbons (Fsp3) is 0.619. The van der Waals surface area contributed by atoms with E-state index in [9.17, 15) is 4.79 Å². The number of anilines is 1. The van der Waals surface area contributed by atoms with Crippen LogP contribution in [-0.4, -0.2) is 57.4 Å². The Morgan fingerprint density at radius 1 is 1.32 bits per heavy atom. The summed E-state index contributed by atoms with van der Waals surface area (Å²) >= 11 is 0. The van der Waals surface area contributed by atoms with Gasteiger partial charge in [-0.25, -0.2) is 4.79 Å². The molecule has 1 aliphatic heterocycles. The van der Waals surface area contributed by atoms with Gasteiger partial charge in [-0.15, -0.1) is 0 Å². The van der Waals surface area contributed by atoms with Crippen LogP contribution in [0.4, 0.5) is 10.5 Å². The molecule has 1 aliphatic rings. The Balaban J connectivity index is 1.83. The molecule has 156 valence electrons. The second kappa shape index (κ2) is 11.4. The Morgan fingerprint density at radius 3 is 2.71 bits per heavy atom. The van der Waals surface area contributed by atoms with E-state index in [1.54, 1.807) is 14.0 Å². The summed E-state index contributed by atoms with van der Waals surface area (Å²) in [7, 11) is 1.77. The third-order valence-corrected chi connectivity index (χ3v) is 4.74. The van der Waals surface area contributed by atoms with Gasteiger partial charge in [0.05, 0.1) is 6.61 Å². The standard InChI is InChI=1S/C21H35N5O2/c1-5-28-21(27)25-18(13-16(2)3)14-23-20(22-4)24-17-11-12-26(15-17)19-9-7-6-8-10-19/h6-10,16-18H,5,11-15H2,1-4H3,(H,25,27)(H2,22,23,24). The highest BCUT2D eigenvalue weighted by atomic mass is 16.5. The van der Waals surface area contributed by atoms with E-state index in [0.29, 0.717) is 25.1 Å². The number of benzene rings is 1. The lowest BCUT2D eigenvalue weighted by atomic mass is 10.0. The average molecular weight is 390 g/mol. The minimum atomic E-state index is -0.368. The molecular formula is C21H35N5O2. The van der Waals surface area contributed by atoms with Crippen LogP contribution < -0.4 is 20.9 Å². The van der Waals surface area contributed by atoms with Crippen LogP contribution in [0.25, 0.3) is 0 Å². The minimum Gasteiger partial charge on any atom is -0.450 e. The number of guanidine groups is 1. The van der Waals surface area contributed by atoms with Gasteiger partial charge in [0.15, 0.2) is 5.96 Å². The molecule has 1 aromatic rings. The summed E-state index contributed by atoms with van der Waals surface area (Å²) in [5.41, 5.74) is 1.25. The Bertz CT molecular complexity index is 620. The van der Waals surface area contributed by atoms with Crippen LogP contribution in [0, 0.1) is 5.92 Å². The summed E-state index contributed by atoms with van der Waals surface area (Å²) in [6, 6.07) is 10.8. The lowest BCUT2D eigenvalue weighted by Crippen LogP contribution is -2.50. The number of rotatable bonds is 8. The first kappa shape index (κ1) is 21.9. The third-order valence-electron chi connectivity index (χ3n) is 4.74. The van der Waals surface area contributed by atoms with Gasteiger partial charge in [-0.2, -0.15) is 0 Å². The molecule has 0 radical (unpaired) electrons. The summed E-state index contributed by atoms with van der Waals surface area (Å²) in [6.45, 7) is 9.04. The highest BCUT2D eigenvalue weighted by molar-refractivity contribution is 5.80. The van der Waals surface area contributed by atoms with E-state index in [-0.39, 0.29) is 12.1 Å². The second-order valence-electron chi connectivity index (χ2n) is 7.56. The van der Waals surface area contributed by atoms with Gasteiger partial charge in [-0.3, -0.25) is 4.99 Å². The molecule has 7 nitrogen and oxygen atoms in total. The molecule has 1 amide bonds. The normalized spacial score (nSPS) is 18.1. The molecule has 7 heteroatoms. The lowest BCUT2D eigenvalue weighted by molar-refractivity contribution is 0.146. The number of nitrogens with zero attached hydrogens (tertiary/aromatic N) is 2. The van der Waals surface area contributed by atoms with Gasteiger partial charge in [0.25, 0.3) is 0 Å². The van der Waals surface area contributed by atoms with Crippen molar-refractivity contribution in [3.63, 3.8) is 0 Å². The number of carbonyl (C=O) groups excluding carboxylic acids is 1. The molecular weight excluding hydrogens is 354 g/mol. The van der Waals surface area contributed by atoms with E-state index >= 15 is 0 Å². The van der Waals surface area contributed by atoms with Gasteiger partial charge in [-0.05, 0) is 37.8 Å². The van der Waals surface area contributed by atoms with Crippen LogP contribution in [0.3, 0.4) is 0 Å². The number of hydrogen-bond acceptors (Lipinski definition) is 4. The van der Waals surface area contributed by atoms with Crippen LogP contribution in [0.1, 0.15) is 33.6 Å². The van der Waals surface area contributed by atoms with E-state index in [0.717, 1.165) is 31.9 Å². The second-order valence-corrected chi connectivity index (χ2v) is 7.56. The van der Waals surface area contributed by atoms with Crippen LogP contribution >= 0.6 is 0 Å². The monoisotopic (exact) mass is 389 g/mol. The van der Waals surface area contributed by atoms with Crippen molar-refractivity contribution in [1.29, 1.82) is 0 Å². The van der Waals surface area contributed by atoms with E-state index < -0.39 is 0 Å². The summed E-state index contributed by atoms with van der Waals surface area (Å²) in [5, 5.41) is 9.80. The number of ether oxygens (including phenoxy) is 1. The molecule has 1 fully saturated rings. The van der Waals surface area contributed by atoms with E-state index in [1.807, 2.05) is 6.07 Å². The molecule has 0 saturated carbocycles. The van der Waals surface area contributed by atoms with Gasteiger partial charge in [0.1, 0.15) is 0 Å². The van der Waals surface area contributed by atoms with Crippen molar-refractivity contribution in [2.75, 3.05) is 38.2 Å². The number of carbonyl (C=O) groups is 1. The van der Waals surface area contributed by atoms with Crippen molar-refractivity contribution < 1.29 is 9.53 Å². The highest BCUT2D eigenvalue weighted by Crippen LogP contribution is 2.19. The van der Waals surface area contributed by atoms with Crippen molar-refractivity contribution in [3.8, 4) is 0 Å². The highest BCUT2D eigenvalue weighted by Gasteiger charge is 2.23. The summed E-state index contributed by atoms with van der Waals surface area (Å²) in [6.07, 6.45) is 1.56. The largest absolute Gasteiger partial charge is 0.450 e. The molecule has 28 heavy (non-hydrogen) atoms. The first-order valence-electron chi connectivity index (χ1n) is 10.2. The summed E-state index contributed by atoms with van der Waals surface area (Å²) in [5.74, 6) is 1.23. The third kappa shape index (κ3) is 7.29. The first-order chi connectivity index (χ1) is 13.5. The van der Waals surface area contributed by atoms with Crippen molar-refractivity contribution in [2.45, 2.75) is 45.7 Å². The van der Waals surface area contributed by atoms with Gasteiger partial charge in [0, 0.05) is 44.5 Å². The number of alkyl carbamates (subject to hydrolysis) is 1. The predicted octanol–water partition coefficient (Wildman–Crippen LogP) is 2.59. The molecule has 3 N–H and O–H groups in total.